The molecular formula is C9H15F3N2O3. The summed E-state index contributed by atoms with van der Waals surface area (Å²) in [6.45, 7) is 0.338. The Morgan fingerprint density at radius 3 is 2.18 bits per heavy atom. The molecule has 100 valence electrons. The zero-order valence-corrected chi connectivity index (χ0v) is 9.52. The number of halogens is 3. The number of hydrogen-bond donors (Lipinski definition) is 3. The minimum Gasteiger partial charge on any atom is -0.480 e. The summed E-state index contributed by atoms with van der Waals surface area (Å²) >= 11 is 0. The number of alkyl halides is 3. The molecular weight excluding hydrogens is 241 g/mol. The van der Waals surface area contributed by atoms with Crippen molar-refractivity contribution >= 4 is 11.9 Å². The molecule has 0 aliphatic carbocycles. The predicted octanol–water partition coefficient (Wildman–Crippen LogP) is 0.508. The molecule has 0 aliphatic heterocycles. The molecule has 0 aromatic rings. The van der Waals surface area contributed by atoms with Crippen molar-refractivity contribution in [1.29, 1.82) is 0 Å². The third kappa shape index (κ3) is 4.22. The predicted molar refractivity (Wildman–Crippen MR) is 53.4 cm³/mol. The number of carboxylic acid groups (broad SMARTS) is 1. The molecule has 1 atom stereocenters. The zero-order valence-electron chi connectivity index (χ0n) is 9.52. The summed E-state index contributed by atoms with van der Waals surface area (Å²) in [5, 5.41) is 12.8. The van der Waals surface area contributed by atoms with Gasteiger partial charge in [-0.05, 0) is 19.9 Å². The lowest BCUT2D eigenvalue weighted by molar-refractivity contribution is -0.205. The molecule has 0 aliphatic rings. The van der Waals surface area contributed by atoms with E-state index in [-0.39, 0.29) is 25.3 Å². The van der Waals surface area contributed by atoms with Crippen molar-refractivity contribution in [2.24, 2.45) is 0 Å². The van der Waals surface area contributed by atoms with E-state index < -0.39 is 17.7 Å². The van der Waals surface area contributed by atoms with Crippen LogP contribution in [-0.2, 0) is 9.59 Å². The number of hydrogen-bond acceptors (Lipinski definition) is 3. The first-order chi connectivity index (χ1) is 7.65. The van der Waals surface area contributed by atoms with E-state index in [1.165, 1.54) is 7.05 Å². The molecule has 0 rings (SSSR count). The van der Waals surface area contributed by atoms with Crippen molar-refractivity contribution in [3.05, 3.63) is 0 Å². The van der Waals surface area contributed by atoms with E-state index in [9.17, 15) is 22.8 Å². The number of aliphatic carboxylic acids is 1. The first-order valence-corrected chi connectivity index (χ1v) is 4.91. The zero-order chi connectivity index (χ0) is 13.7. The number of nitrogens with one attached hydrogen (secondary N) is 2. The average Bonchev–Trinajstić information content (AvgIpc) is 2.21. The standard InChI is InChI=1S/C9H15F3N2O3/c1-8(7(16)17,9(10,11)12)14-5-3-4-6(15)13-2/h14H,3-5H2,1-2H3,(H,13,15)(H,16,17). The highest BCUT2D eigenvalue weighted by molar-refractivity contribution is 5.79. The topological polar surface area (TPSA) is 78.4 Å². The highest BCUT2D eigenvalue weighted by atomic mass is 19.4. The lowest BCUT2D eigenvalue weighted by atomic mass is 10.0. The first-order valence-electron chi connectivity index (χ1n) is 4.91. The van der Waals surface area contributed by atoms with E-state index in [1.807, 2.05) is 5.32 Å². The monoisotopic (exact) mass is 256 g/mol. The first kappa shape index (κ1) is 15.7. The molecule has 17 heavy (non-hydrogen) atoms. The normalized spacial score (nSPS) is 15.1. The maximum Gasteiger partial charge on any atom is 0.417 e. The molecule has 3 N–H and O–H groups in total. The minimum absolute atomic E-state index is 0.0387. The van der Waals surface area contributed by atoms with Gasteiger partial charge < -0.3 is 10.4 Å². The second-order valence-electron chi connectivity index (χ2n) is 3.63. The van der Waals surface area contributed by atoms with Gasteiger partial charge in [-0.3, -0.25) is 10.1 Å². The summed E-state index contributed by atoms with van der Waals surface area (Å²) in [5.41, 5.74) is -2.99. The van der Waals surface area contributed by atoms with Crippen LogP contribution in [0.3, 0.4) is 0 Å². The van der Waals surface area contributed by atoms with Gasteiger partial charge in [0.1, 0.15) is 0 Å². The lowest BCUT2D eigenvalue weighted by Crippen LogP contribution is -2.60. The Hall–Kier alpha value is -1.31. The maximum atomic E-state index is 12.5. The highest BCUT2D eigenvalue weighted by Crippen LogP contribution is 2.30. The molecule has 0 aromatic carbocycles. The summed E-state index contributed by atoms with van der Waals surface area (Å²) in [7, 11) is 1.41. The Labute approximate surface area is 96.4 Å². The molecule has 0 radical (unpaired) electrons. The van der Waals surface area contributed by atoms with Crippen LogP contribution in [0.4, 0.5) is 13.2 Å². The molecule has 0 fully saturated rings. The van der Waals surface area contributed by atoms with E-state index in [1.54, 1.807) is 0 Å². The molecule has 0 saturated carbocycles. The molecule has 0 spiro atoms. The van der Waals surface area contributed by atoms with Gasteiger partial charge >= 0.3 is 12.1 Å². The molecule has 0 saturated heterocycles. The largest absolute Gasteiger partial charge is 0.480 e. The summed E-state index contributed by atoms with van der Waals surface area (Å²) in [6, 6.07) is 0. The van der Waals surface area contributed by atoms with Gasteiger partial charge in [-0.2, -0.15) is 13.2 Å². The molecule has 8 heteroatoms. The minimum atomic E-state index is -4.90. The van der Waals surface area contributed by atoms with Crippen molar-refractivity contribution < 1.29 is 27.9 Å². The summed E-state index contributed by atoms with van der Waals surface area (Å²) < 4.78 is 37.5. The van der Waals surface area contributed by atoms with E-state index in [2.05, 4.69) is 5.32 Å². The van der Waals surface area contributed by atoms with Gasteiger partial charge in [0.25, 0.3) is 0 Å². The fourth-order valence-corrected chi connectivity index (χ4v) is 1.01. The molecule has 0 heterocycles. The number of carbonyl (C=O) groups excluding carboxylic acids is 1. The SMILES string of the molecule is CNC(=O)CCCNC(C)(C(=O)O)C(F)(F)F. The van der Waals surface area contributed by atoms with Gasteiger partial charge in [0.05, 0.1) is 0 Å². The van der Waals surface area contributed by atoms with Crippen LogP contribution in [0.25, 0.3) is 0 Å². The summed E-state index contributed by atoms with van der Waals surface area (Å²) in [4.78, 5) is 21.4. The van der Waals surface area contributed by atoms with Crippen LogP contribution in [-0.4, -0.2) is 42.3 Å². The van der Waals surface area contributed by atoms with Crippen LogP contribution < -0.4 is 10.6 Å². The number of rotatable bonds is 6. The van der Waals surface area contributed by atoms with Gasteiger partial charge in [-0.1, -0.05) is 0 Å². The third-order valence-electron chi connectivity index (χ3n) is 2.33. The lowest BCUT2D eigenvalue weighted by Gasteiger charge is -2.28. The molecule has 0 aromatic heterocycles. The van der Waals surface area contributed by atoms with Gasteiger partial charge in [0.2, 0.25) is 11.4 Å². The van der Waals surface area contributed by atoms with Crippen molar-refractivity contribution in [1.82, 2.24) is 10.6 Å². The van der Waals surface area contributed by atoms with Crippen molar-refractivity contribution in [2.45, 2.75) is 31.5 Å². The van der Waals surface area contributed by atoms with Crippen LogP contribution in [0.15, 0.2) is 0 Å². The Balaban J connectivity index is 4.31. The second-order valence-corrected chi connectivity index (χ2v) is 3.63. The third-order valence-corrected chi connectivity index (χ3v) is 2.33. The number of amides is 1. The fourth-order valence-electron chi connectivity index (χ4n) is 1.01. The quantitative estimate of drug-likeness (QED) is 0.605. The van der Waals surface area contributed by atoms with Gasteiger partial charge in [0, 0.05) is 13.5 Å². The van der Waals surface area contributed by atoms with Gasteiger partial charge in [-0.25, -0.2) is 4.79 Å². The molecule has 0 bridgehead atoms. The van der Waals surface area contributed by atoms with E-state index in [4.69, 9.17) is 5.11 Å². The maximum absolute atomic E-state index is 12.5. The van der Waals surface area contributed by atoms with Crippen LogP contribution in [0, 0.1) is 0 Å². The average molecular weight is 256 g/mol. The van der Waals surface area contributed by atoms with Crippen LogP contribution >= 0.6 is 0 Å². The Bertz CT molecular complexity index is 294. The van der Waals surface area contributed by atoms with E-state index in [0.29, 0.717) is 6.92 Å². The Kier molecular flexibility index (Phi) is 5.40. The van der Waals surface area contributed by atoms with Crippen molar-refractivity contribution in [3.63, 3.8) is 0 Å². The van der Waals surface area contributed by atoms with Crippen molar-refractivity contribution in [3.8, 4) is 0 Å². The van der Waals surface area contributed by atoms with Gasteiger partial charge in [-0.15, -0.1) is 0 Å². The van der Waals surface area contributed by atoms with E-state index in [0.717, 1.165) is 0 Å². The van der Waals surface area contributed by atoms with Crippen LogP contribution in [0.5, 0.6) is 0 Å². The molecule has 1 amide bonds. The smallest absolute Gasteiger partial charge is 0.417 e. The van der Waals surface area contributed by atoms with Crippen LogP contribution in [0.2, 0.25) is 0 Å². The molecule has 5 nitrogen and oxygen atoms in total. The Morgan fingerprint density at radius 2 is 1.82 bits per heavy atom. The fraction of sp³-hybridized carbons (Fsp3) is 0.778. The Morgan fingerprint density at radius 1 is 1.29 bits per heavy atom. The number of carbonyl (C=O) groups is 2. The summed E-state index contributed by atoms with van der Waals surface area (Å²) in [6.07, 6.45) is -4.73. The van der Waals surface area contributed by atoms with Crippen molar-refractivity contribution in [2.75, 3.05) is 13.6 Å². The van der Waals surface area contributed by atoms with E-state index >= 15 is 0 Å². The van der Waals surface area contributed by atoms with Gasteiger partial charge in [0.15, 0.2) is 0 Å². The van der Waals surface area contributed by atoms with Crippen LogP contribution in [0.1, 0.15) is 19.8 Å². The molecule has 1 unspecified atom stereocenters. The summed E-state index contributed by atoms with van der Waals surface area (Å²) in [5.74, 6) is -2.30. The highest BCUT2D eigenvalue weighted by Gasteiger charge is 2.56. The second kappa shape index (κ2) is 5.85. The number of carboxylic acids is 1.